The van der Waals surface area contributed by atoms with Gasteiger partial charge in [-0.15, -0.1) is 11.3 Å². The maximum atomic E-state index is 10.8. The highest BCUT2D eigenvalue weighted by atomic mass is 79.9. The number of thiophene rings is 1. The van der Waals surface area contributed by atoms with E-state index in [1.54, 1.807) is 11.3 Å². The summed E-state index contributed by atoms with van der Waals surface area (Å²) in [4.78, 5) is 2.21. The summed E-state index contributed by atoms with van der Waals surface area (Å²) in [5.74, 6) is 0. The van der Waals surface area contributed by atoms with Crippen molar-refractivity contribution in [2.75, 3.05) is 0 Å². The second-order valence-electron chi connectivity index (χ2n) is 5.57. The first-order valence-electron chi connectivity index (χ1n) is 7.45. The molecule has 2 nitrogen and oxygen atoms in total. The molecule has 0 aliphatic carbocycles. The standard InChI is InChI=1S/C19H15BrO2S/c20-14-8-6-12(7-9-14)17(21)19-16-11-22-10-15(16)18(23-19)13-4-2-1-3-5-13/h1-9,17,21H,10-11H2. The van der Waals surface area contributed by atoms with Gasteiger partial charge in [-0.05, 0) is 23.3 Å². The highest BCUT2D eigenvalue weighted by Gasteiger charge is 2.27. The zero-order chi connectivity index (χ0) is 15.8. The van der Waals surface area contributed by atoms with Gasteiger partial charge in [0.05, 0.1) is 13.2 Å². The molecule has 0 amide bonds. The van der Waals surface area contributed by atoms with Gasteiger partial charge in [0.15, 0.2) is 0 Å². The zero-order valence-electron chi connectivity index (χ0n) is 12.3. The maximum Gasteiger partial charge on any atom is 0.114 e. The first-order valence-corrected chi connectivity index (χ1v) is 9.06. The summed E-state index contributed by atoms with van der Waals surface area (Å²) in [6.07, 6.45) is -0.610. The van der Waals surface area contributed by atoms with E-state index in [0.29, 0.717) is 13.2 Å². The van der Waals surface area contributed by atoms with E-state index in [-0.39, 0.29) is 0 Å². The lowest BCUT2D eigenvalue weighted by Crippen LogP contribution is -1.99. The molecular weight excluding hydrogens is 372 g/mol. The molecule has 0 bridgehead atoms. The Labute approximate surface area is 147 Å². The van der Waals surface area contributed by atoms with E-state index in [0.717, 1.165) is 20.5 Å². The average Bonchev–Trinajstić information content (AvgIpc) is 3.18. The van der Waals surface area contributed by atoms with Crippen molar-refractivity contribution in [1.82, 2.24) is 0 Å². The van der Waals surface area contributed by atoms with Crippen LogP contribution >= 0.6 is 27.3 Å². The number of halogens is 1. The Morgan fingerprint density at radius 3 is 2.39 bits per heavy atom. The predicted molar refractivity (Wildman–Crippen MR) is 96.5 cm³/mol. The summed E-state index contributed by atoms with van der Waals surface area (Å²) in [5.41, 5.74) is 4.48. The van der Waals surface area contributed by atoms with E-state index in [9.17, 15) is 5.11 Å². The van der Waals surface area contributed by atoms with Crippen LogP contribution < -0.4 is 0 Å². The lowest BCUT2D eigenvalue weighted by molar-refractivity contribution is 0.133. The van der Waals surface area contributed by atoms with Gasteiger partial charge >= 0.3 is 0 Å². The fraction of sp³-hybridized carbons (Fsp3) is 0.158. The van der Waals surface area contributed by atoms with Crippen LogP contribution in [0.1, 0.15) is 27.7 Å². The molecule has 116 valence electrons. The van der Waals surface area contributed by atoms with E-state index >= 15 is 0 Å². The van der Waals surface area contributed by atoms with Gasteiger partial charge in [0.1, 0.15) is 6.10 Å². The first kappa shape index (κ1) is 15.1. The molecule has 2 aromatic carbocycles. The monoisotopic (exact) mass is 386 g/mol. The number of aliphatic hydroxyl groups excluding tert-OH is 1. The average molecular weight is 387 g/mol. The smallest absolute Gasteiger partial charge is 0.114 e. The summed E-state index contributed by atoms with van der Waals surface area (Å²) >= 11 is 5.12. The predicted octanol–water partition coefficient (Wildman–Crippen LogP) is 5.29. The van der Waals surface area contributed by atoms with Gasteiger partial charge < -0.3 is 9.84 Å². The van der Waals surface area contributed by atoms with Gasteiger partial charge in [-0.25, -0.2) is 0 Å². The topological polar surface area (TPSA) is 29.5 Å². The van der Waals surface area contributed by atoms with E-state index in [4.69, 9.17) is 4.74 Å². The summed E-state index contributed by atoms with van der Waals surface area (Å²) in [6, 6.07) is 18.2. The molecule has 1 aliphatic heterocycles. The lowest BCUT2D eigenvalue weighted by Gasteiger charge is -2.11. The molecule has 0 saturated heterocycles. The third-order valence-corrected chi connectivity index (χ3v) is 6.02. The third kappa shape index (κ3) is 2.76. The van der Waals surface area contributed by atoms with E-state index < -0.39 is 6.10 Å². The van der Waals surface area contributed by atoms with Crippen LogP contribution in [0.25, 0.3) is 10.4 Å². The van der Waals surface area contributed by atoms with E-state index in [2.05, 4.69) is 28.1 Å². The third-order valence-electron chi connectivity index (χ3n) is 4.11. The van der Waals surface area contributed by atoms with Crippen molar-refractivity contribution in [2.45, 2.75) is 19.3 Å². The molecule has 1 aromatic heterocycles. The number of hydrogen-bond donors (Lipinski definition) is 1. The number of benzene rings is 2. The van der Waals surface area contributed by atoms with Crippen LogP contribution in [0.3, 0.4) is 0 Å². The van der Waals surface area contributed by atoms with Crippen molar-refractivity contribution < 1.29 is 9.84 Å². The molecule has 0 spiro atoms. The molecule has 0 fully saturated rings. The van der Waals surface area contributed by atoms with Crippen LogP contribution in [0.15, 0.2) is 59.1 Å². The highest BCUT2D eigenvalue weighted by molar-refractivity contribution is 9.10. The fourth-order valence-corrected chi connectivity index (χ4v) is 4.52. The molecule has 23 heavy (non-hydrogen) atoms. The maximum absolute atomic E-state index is 10.8. The van der Waals surface area contributed by atoms with E-state index in [1.165, 1.54) is 16.0 Å². The molecule has 4 rings (SSSR count). The molecule has 3 aromatic rings. The number of fused-ring (bicyclic) bond motifs is 1. The second kappa shape index (κ2) is 6.21. The van der Waals surface area contributed by atoms with Crippen molar-refractivity contribution in [2.24, 2.45) is 0 Å². The Bertz CT molecular complexity index is 825. The van der Waals surface area contributed by atoms with Crippen LogP contribution in [0.5, 0.6) is 0 Å². The SMILES string of the molecule is OC(c1ccc(Br)cc1)c1sc(-c2ccccc2)c2c1COC2. The van der Waals surface area contributed by atoms with Crippen molar-refractivity contribution in [3.8, 4) is 10.4 Å². The molecule has 1 atom stereocenters. The largest absolute Gasteiger partial charge is 0.383 e. The van der Waals surface area contributed by atoms with Crippen LogP contribution in [-0.4, -0.2) is 5.11 Å². The summed E-state index contributed by atoms with van der Waals surface area (Å²) < 4.78 is 6.66. The Balaban J connectivity index is 1.79. The molecule has 2 heterocycles. The van der Waals surface area contributed by atoms with Crippen molar-refractivity contribution in [3.63, 3.8) is 0 Å². The number of aliphatic hydroxyl groups is 1. The Morgan fingerprint density at radius 1 is 0.957 bits per heavy atom. The van der Waals surface area contributed by atoms with Gasteiger partial charge in [0.25, 0.3) is 0 Å². The van der Waals surface area contributed by atoms with Crippen LogP contribution in [0.2, 0.25) is 0 Å². The quantitative estimate of drug-likeness (QED) is 0.662. The minimum absolute atomic E-state index is 0.585. The molecule has 1 N–H and O–H groups in total. The van der Waals surface area contributed by atoms with Crippen LogP contribution in [-0.2, 0) is 18.0 Å². The fourth-order valence-electron chi connectivity index (χ4n) is 2.92. The van der Waals surface area contributed by atoms with Crippen molar-refractivity contribution in [3.05, 3.63) is 80.6 Å². The Kier molecular flexibility index (Phi) is 4.07. The number of ether oxygens (including phenoxy) is 1. The molecular formula is C19H15BrO2S. The van der Waals surface area contributed by atoms with Gasteiger partial charge in [-0.1, -0.05) is 58.4 Å². The molecule has 1 unspecified atom stereocenters. The molecule has 0 saturated carbocycles. The minimum Gasteiger partial charge on any atom is -0.383 e. The molecule has 1 aliphatic rings. The Hall–Kier alpha value is -1.46. The van der Waals surface area contributed by atoms with Crippen molar-refractivity contribution >= 4 is 27.3 Å². The summed E-state index contributed by atoms with van der Waals surface area (Å²) in [7, 11) is 0. The van der Waals surface area contributed by atoms with Gasteiger partial charge in [-0.2, -0.15) is 0 Å². The number of rotatable bonds is 3. The first-order chi connectivity index (χ1) is 11.2. The zero-order valence-corrected chi connectivity index (χ0v) is 14.7. The lowest BCUT2D eigenvalue weighted by atomic mass is 10.0. The molecule has 0 radical (unpaired) electrons. The summed E-state index contributed by atoms with van der Waals surface area (Å²) in [6.45, 7) is 1.21. The van der Waals surface area contributed by atoms with E-state index in [1.807, 2.05) is 42.5 Å². The Morgan fingerprint density at radius 2 is 1.65 bits per heavy atom. The van der Waals surface area contributed by atoms with Gasteiger partial charge in [0, 0.05) is 25.4 Å². The van der Waals surface area contributed by atoms with Gasteiger partial charge in [0.2, 0.25) is 0 Å². The van der Waals surface area contributed by atoms with Crippen LogP contribution in [0, 0.1) is 0 Å². The highest BCUT2D eigenvalue weighted by Crippen LogP contribution is 2.44. The second-order valence-corrected chi connectivity index (χ2v) is 7.53. The van der Waals surface area contributed by atoms with Crippen molar-refractivity contribution in [1.29, 1.82) is 0 Å². The van der Waals surface area contributed by atoms with Crippen LogP contribution in [0.4, 0.5) is 0 Å². The summed E-state index contributed by atoms with van der Waals surface area (Å²) in [5, 5.41) is 10.8. The minimum atomic E-state index is -0.610. The van der Waals surface area contributed by atoms with Gasteiger partial charge in [-0.3, -0.25) is 0 Å². The number of hydrogen-bond acceptors (Lipinski definition) is 3. The molecule has 4 heteroatoms. The normalized spacial score (nSPS) is 14.7.